The van der Waals surface area contributed by atoms with Crippen molar-refractivity contribution in [2.75, 3.05) is 13.2 Å². The number of pyridine rings is 1. The van der Waals surface area contributed by atoms with Gasteiger partial charge in [0.2, 0.25) is 0 Å². The first-order chi connectivity index (χ1) is 6.75. The first kappa shape index (κ1) is 9.96. The number of ether oxygens (including phenoxy) is 1. The zero-order chi connectivity index (χ0) is 9.97. The lowest BCUT2D eigenvalue weighted by atomic mass is 10.2. The molecule has 1 aromatic heterocycles. The van der Waals surface area contributed by atoms with E-state index >= 15 is 0 Å². The molecule has 1 fully saturated rings. The molecule has 0 aromatic carbocycles. The molecule has 0 bridgehead atoms. The summed E-state index contributed by atoms with van der Waals surface area (Å²) in [5, 5.41) is 1.64. The Morgan fingerprint density at radius 3 is 2.79 bits per heavy atom. The molecule has 1 aromatic rings. The predicted molar refractivity (Wildman–Crippen MR) is 57.3 cm³/mol. The SMILES string of the molecule is C[C@H](N)c1ccc(SC2COC2)nc1. The van der Waals surface area contributed by atoms with Crippen molar-refractivity contribution in [2.45, 2.75) is 23.2 Å². The second-order valence-corrected chi connectivity index (χ2v) is 4.82. The fourth-order valence-corrected chi connectivity index (χ4v) is 2.11. The summed E-state index contributed by atoms with van der Waals surface area (Å²) in [5.41, 5.74) is 6.82. The van der Waals surface area contributed by atoms with Crippen molar-refractivity contribution < 1.29 is 4.74 Å². The summed E-state index contributed by atoms with van der Waals surface area (Å²) in [6.07, 6.45) is 1.85. The van der Waals surface area contributed by atoms with E-state index in [0.29, 0.717) is 5.25 Å². The molecule has 1 atom stereocenters. The normalized spacial score (nSPS) is 19.0. The van der Waals surface area contributed by atoms with Crippen LogP contribution in [0.5, 0.6) is 0 Å². The van der Waals surface area contributed by atoms with Crippen molar-refractivity contribution in [3.05, 3.63) is 23.9 Å². The lowest BCUT2D eigenvalue weighted by molar-refractivity contribution is 0.0454. The van der Waals surface area contributed by atoms with Gasteiger partial charge in [0, 0.05) is 12.2 Å². The molecule has 4 heteroatoms. The molecule has 0 aliphatic carbocycles. The molecule has 0 unspecified atom stereocenters. The van der Waals surface area contributed by atoms with E-state index in [2.05, 4.69) is 4.98 Å². The second-order valence-electron chi connectivity index (χ2n) is 3.50. The molecule has 1 aliphatic rings. The highest BCUT2D eigenvalue weighted by Crippen LogP contribution is 2.26. The Bertz CT molecular complexity index is 295. The summed E-state index contributed by atoms with van der Waals surface area (Å²) in [7, 11) is 0. The molecule has 2 N–H and O–H groups in total. The van der Waals surface area contributed by atoms with Gasteiger partial charge in [-0.15, -0.1) is 0 Å². The van der Waals surface area contributed by atoms with Crippen molar-refractivity contribution in [3.63, 3.8) is 0 Å². The van der Waals surface area contributed by atoms with Gasteiger partial charge in [0.15, 0.2) is 0 Å². The van der Waals surface area contributed by atoms with Crippen molar-refractivity contribution in [3.8, 4) is 0 Å². The van der Waals surface area contributed by atoms with Gasteiger partial charge in [-0.3, -0.25) is 0 Å². The van der Waals surface area contributed by atoms with Crippen LogP contribution < -0.4 is 5.73 Å². The van der Waals surface area contributed by atoms with E-state index < -0.39 is 0 Å². The maximum atomic E-state index is 5.74. The van der Waals surface area contributed by atoms with E-state index in [1.807, 2.05) is 25.3 Å². The van der Waals surface area contributed by atoms with Crippen LogP contribution in [0.25, 0.3) is 0 Å². The average Bonchev–Trinajstić information content (AvgIpc) is 2.12. The van der Waals surface area contributed by atoms with Crippen molar-refractivity contribution in [2.24, 2.45) is 5.73 Å². The molecule has 0 spiro atoms. The van der Waals surface area contributed by atoms with E-state index in [-0.39, 0.29) is 6.04 Å². The lowest BCUT2D eigenvalue weighted by Crippen LogP contribution is -2.30. The minimum atomic E-state index is 0.0635. The summed E-state index contributed by atoms with van der Waals surface area (Å²) >= 11 is 1.77. The van der Waals surface area contributed by atoms with Gasteiger partial charge in [-0.05, 0) is 18.6 Å². The van der Waals surface area contributed by atoms with Crippen LogP contribution in [-0.4, -0.2) is 23.4 Å². The van der Waals surface area contributed by atoms with Crippen molar-refractivity contribution in [1.29, 1.82) is 0 Å². The van der Waals surface area contributed by atoms with Crippen molar-refractivity contribution >= 4 is 11.8 Å². The monoisotopic (exact) mass is 210 g/mol. The quantitative estimate of drug-likeness (QED) is 0.823. The Balaban J connectivity index is 1.98. The molecule has 2 heterocycles. The van der Waals surface area contributed by atoms with Crippen LogP contribution in [0.15, 0.2) is 23.4 Å². The third kappa shape index (κ3) is 2.26. The van der Waals surface area contributed by atoms with Gasteiger partial charge < -0.3 is 10.5 Å². The van der Waals surface area contributed by atoms with Gasteiger partial charge in [-0.1, -0.05) is 17.8 Å². The van der Waals surface area contributed by atoms with E-state index in [1.165, 1.54) is 0 Å². The first-order valence-electron chi connectivity index (χ1n) is 4.71. The standard InChI is InChI=1S/C10H14N2OS/c1-7(11)8-2-3-10(12-4-8)14-9-5-13-6-9/h2-4,7,9H,5-6,11H2,1H3/t7-/m0/s1. The number of nitrogens with zero attached hydrogens (tertiary/aromatic N) is 1. The smallest absolute Gasteiger partial charge is 0.0964 e. The third-order valence-electron chi connectivity index (χ3n) is 2.18. The lowest BCUT2D eigenvalue weighted by Gasteiger charge is -2.24. The summed E-state index contributed by atoms with van der Waals surface area (Å²) in [6.45, 7) is 3.66. The zero-order valence-corrected chi connectivity index (χ0v) is 8.96. The van der Waals surface area contributed by atoms with Crippen LogP contribution in [0, 0.1) is 0 Å². The Hall–Kier alpha value is -0.580. The number of aromatic nitrogens is 1. The fraction of sp³-hybridized carbons (Fsp3) is 0.500. The van der Waals surface area contributed by atoms with Crippen LogP contribution in [0.3, 0.4) is 0 Å². The fourth-order valence-electron chi connectivity index (χ4n) is 1.18. The van der Waals surface area contributed by atoms with Crippen LogP contribution >= 0.6 is 11.8 Å². The number of thioether (sulfide) groups is 1. The molecular weight excluding hydrogens is 196 g/mol. The molecule has 0 amide bonds. The third-order valence-corrected chi connectivity index (χ3v) is 3.27. The minimum absolute atomic E-state index is 0.0635. The molecule has 14 heavy (non-hydrogen) atoms. The Labute approximate surface area is 88.0 Å². The predicted octanol–water partition coefficient (Wildman–Crippen LogP) is 1.59. The van der Waals surface area contributed by atoms with Gasteiger partial charge in [0.05, 0.1) is 23.5 Å². The van der Waals surface area contributed by atoms with Gasteiger partial charge in [0.25, 0.3) is 0 Å². The highest BCUT2D eigenvalue weighted by Gasteiger charge is 2.19. The highest BCUT2D eigenvalue weighted by molar-refractivity contribution is 8.00. The summed E-state index contributed by atoms with van der Waals surface area (Å²) in [4.78, 5) is 4.35. The summed E-state index contributed by atoms with van der Waals surface area (Å²) in [5.74, 6) is 0. The highest BCUT2D eigenvalue weighted by atomic mass is 32.2. The number of hydrogen-bond acceptors (Lipinski definition) is 4. The number of hydrogen-bond donors (Lipinski definition) is 1. The molecule has 1 saturated heterocycles. The molecule has 76 valence electrons. The molecule has 3 nitrogen and oxygen atoms in total. The number of rotatable bonds is 3. The van der Waals surface area contributed by atoms with E-state index in [9.17, 15) is 0 Å². The van der Waals surface area contributed by atoms with Crippen LogP contribution in [0.2, 0.25) is 0 Å². The Kier molecular flexibility index (Phi) is 3.05. The maximum Gasteiger partial charge on any atom is 0.0964 e. The average molecular weight is 210 g/mol. The van der Waals surface area contributed by atoms with E-state index in [0.717, 1.165) is 23.8 Å². The topological polar surface area (TPSA) is 48.1 Å². The van der Waals surface area contributed by atoms with Gasteiger partial charge >= 0.3 is 0 Å². The van der Waals surface area contributed by atoms with Crippen molar-refractivity contribution in [1.82, 2.24) is 4.98 Å². The van der Waals surface area contributed by atoms with Gasteiger partial charge in [-0.2, -0.15) is 0 Å². The second kappa shape index (κ2) is 4.29. The van der Waals surface area contributed by atoms with Crippen LogP contribution in [0.1, 0.15) is 18.5 Å². The molecule has 0 radical (unpaired) electrons. The minimum Gasteiger partial charge on any atom is -0.379 e. The van der Waals surface area contributed by atoms with Gasteiger partial charge in [0.1, 0.15) is 0 Å². The molecular formula is C10H14N2OS. The Morgan fingerprint density at radius 2 is 2.36 bits per heavy atom. The summed E-state index contributed by atoms with van der Waals surface area (Å²) in [6, 6.07) is 4.13. The first-order valence-corrected chi connectivity index (χ1v) is 5.59. The van der Waals surface area contributed by atoms with E-state index in [1.54, 1.807) is 11.8 Å². The number of nitrogens with two attached hydrogens (primary N) is 1. The van der Waals surface area contributed by atoms with Crippen LogP contribution in [-0.2, 0) is 4.74 Å². The van der Waals surface area contributed by atoms with Crippen LogP contribution in [0.4, 0.5) is 0 Å². The van der Waals surface area contributed by atoms with Gasteiger partial charge in [-0.25, -0.2) is 4.98 Å². The largest absolute Gasteiger partial charge is 0.379 e. The maximum absolute atomic E-state index is 5.74. The molecule has 1 aliphatic heterocycles. The zero-order valence-electron chi connectivity index (χ0n) is 8.14. The molecule has 0 saturated carbocycles. The summed E-state index contributed by atoms with van der Waals surface area (Å²) < 4.78 is 5.10. The Morgan fingerprint density at radius 1 is 1.57 bits per heavy atom. The van der Waals surface area contributed by atoms with E-state index in [4.69, 9.17) is 10.5 Å². The molecule has 2 rings (SSSR count).